The topological polar surface area (TPSA) is 154 Å². The van der Waals surface area contributed by atoms with Crippen molar-refractivity contribution in [2.75, 3.05) is 26.8 Å². The molecule has 5 rings (SSSR count). The van der Waals surface area contributed by atoms with Gasteiger partial charge in [0.05, 0.1) is 44.8 Å². The second-order valence-corrected chi connectivity index (χ2v) is 10.4. The fourth-order valence-corrected chi connectivity index (χ4v) is 5.59. The van der Waals surface area contributed by atoms with Gasteiger partial charge in [0, 0.05) is 25.1 Å². The predicted octanol–water partition coefficient (Wildman–Crippen LogP) is 0.353. The van der Waals surface area contributed by atoms with Gasteiger partial charge in [-0.2, -0.15) is 4.31 Å². The molecule has 2 atom stereocenters. The van der Waals surface area contributed by atoms with E-state index in [1.807, 2.05) is 6.92 Å². The molecule has 2 aromatic heterocycles. The number of benzene rings is 1. The van der Waals surface area contributed by atoms with Gasteiger partial charge >= 0.3 is 0 Å². The van der Waals surface area contributed by atoms with Gasteiger partial charge in [0.2, 0.25) is 0 Å². The van der Waals surface area contributed by atoms with Crippen molar-refractivity contribution in [1.82, 2.24) is 34.6 Å². The fourth-order valence-electron chi connectivity index (χ4n) is 4.17. The zero-order valence-corrected chi connectivity index (χ0v) is 20.7. The van der Waals surface area contributed by atoms with Crippen LogP contribution in [0.3, 0.4) is 0 Å². The molecule has 1 aromatic carbocycles. The van der Waals surface area contributed by atoms with Gasteiger partial charge in [0.25, 0.3) is 15.9 Å². The van der Waals surface area contributed by atoms with Crippen molar-refractivity contribution in [2.24, 2.45) is 0 Å². The summed E-state index contributed by atoms with van der Waals surface area (Å²) in [6.07, 6.45) is 3.02. The van der Waals surface area contributed by atoms with E-state index >= 15 is 0 Å². The lowest BCUT2D eigenvalue weighted by Gasteiger charge is -2.20. The van der Waals surface area contributed by atoms with E-state index in [1.165, 1.54) is 17.6 Å². The zero-order chi connectivity index (χ0) is 25.3. The van der Waals surface area contributed by atoms with Crippen LogP contribution in [0.5, 0.6) is 11.5 Å². The minimum Gasteiger partial charge on any atom is -0.493 e. The number of nitrogens with one attached hydrogen (secondary N) is 2. The van der Waals surface area contributed by atoms with Gasteiger partial charge in [-0.25, -0.2) is 18.1 Å². The highest BCUT2D eigenvalue weighted by atomic mass is 32.2. The predicted molar refractivity (Wildman–Crippen MR) is 125 cm³/mol. The molecule has 0 unspecified atom stereocenters. The summed E-state index contributed by atoms with van der Waals surface area (Å²) in [7, 11) is -2.35. The summed E-state index contributed by atoms with van der Waals surface area (Å²) in [6, 6.07) is 4.27. The van der Waals surface area contributed by atoms with Crippen molar-refractivity contribution in [3.05, 3.63) is 47.7 Å². The minimum absolute atomic E-state index is 0.00658. The number of fused-ring (bicyclic) bond motifs is 5. The van der Waals surface area contributed by atoms with Crippen LogP contribution in [-0.4, -0.2) is 82.5 Å². The molecule has 0 saturated carbocycles. The van der Waals surface area contributed by atoms with E-state index in [1.54, 1.807) is 29.1 Å². The number of methoxy groups -OCH3 is 1. The standard InChI is InChI=1S/C22H27N7O6S/c1-3-20-23-9-21(25-20)36(31,32)29-11-16-19(12-29)35-13-15-10-28(27-26-15)6-7-34-18-8-14(22(30)24-16)4-5-17(18)33-2/h4-5,8-10,16,19H,3,6-7,11-13H2,1-2H3,(H,23,25)(H,24,30)/t16-,19-/m0/s1. The maximum absolute atomic E-state index is 13.3. The monoisotopic (exact) mass is 517 g/mol. The molecule has 0 spiro atoms. The Morgan fingerprint density at radius 2 is 2.14 bits per heavy atom. The second-order valence-electron chi connectivity index (χ2n) is 8.49. The Bertz CT molecular complexity index is 1350. The number of hydrogen-bond acceptors (Lipinski definition) is 9. The Balaban J connectivity index is 1.44. The van der Waals surface area contributed by atoms with Gasteiger partial charge in [0.15, 0.2) is 16.5 Å². The summed E-state index contributed by atoms with van der Waals surface area (Å²) in [5.41, 5.74) is 0.930. The third kappa shape index (κ3) is 4.79. The lowest BCUT2D eigenvalue weighted by Crippen LogP contribution is -2.44. The molecule has 14 heteroatoms. The number of H-pyrrole nitrogens is 1. The van der Waals surface area contributed by atoms with Crippen molar-refractivity contribution >= 4 is 15.9 Å². The average Bonchev–Trinajstić information content (AvgIpc) is 3.62. The molecule has 4 bridgehead atoms. The van der Waals surface area contributed by atoms with Crippen molar-refractivity contribution in [1.29, 1.82) is 0 Å². The number of carbonyl (C=O) groups excluding carboxylic acids is 1. The van der Waals surface area contributed by atoms with Gasteiger partial charge in [-0.15, -0.1) is 5.10 Å². The number of carbonyl (C=O) groups is 1. The number of imidazole rings is 1. The maximum Gasteiger partial charge on any atom is 0.260 e. The SMILES string of the molecule is CCc1ncc(S(=O)(=O)N2C[C@@H]3NC(=O)c4ccc(OC)c(c4)OCCn4cc(nn4)CO[C@H]3C2)[nH]1. The van der Waals surface area contributed by atoms with Crippen LogP contribution >= 0.6 is 0 Å². The highest BCUT2D eigenvalue weighted by Gasteiger charge is 2.41. The molecule has 36 heavy (non-hydrogen) atoms. The van der Waals surface area contributed by atoms with Crippen LogP contribution in [-0.2, 0) is 34.3 Å². The first-order valence-electron chi connectivity index (χ1n) is 11.5. The van der Waals surface area contributed by atoms with E-state index in [0.29, 0.717) is 41.5 Å². The molecule has 0 radical (unpaired) electrons. The third-order valence-electron chi connectivity index (χ3n) is 6.14. The van der Waals surface area contributed by atoms with E-state index < -0.39 is 22.2 Å². The number of ether oxygens (including phenoxy) is 3. The summed E-state index contributed by atoms with van der Waals surface area (Å²) < 4.78 is 46.7. The Morgan fingerprint density at radius 3 is 2.92 bits per heavy atom. The summed E-state index contributed by atoms with van der Waals surface area (Å²) in [5.74, 6) is 1.09. The molecule has 2 aliphatic heterocycles. The first-order valence-corrected chi connectivity index (χ1v) is 13.0. The molecule has 1 fully saturated rings. The number of amides is 1. The summed E-state index contributed by atoms with van der Waals surface area (Å²) in [6.45, 7) is 2.79. The van der Waals surface area contributed by atoms with Crippen molar-refractivity contribution < 1.29 is 27.4 Å². The van der Waals surface area contributed by atoms with Gasteiger partial charge < -0.3 is 24.5 Å². The first-order chi connectivity index (χ1) is 17.4. The van der Waals surface area contributed by atoms with Crippen molar-refractivity contribution in [2.45, 2.75) is 43.7 Å². The van der Waals surface area contributed by atoms with Crippen LogP contribution in [0.2, 0.25) is 0 Å². The number of aromatic nitrogens is 5. The average molecular weight is 518 g/mol. The lowest BCUT2D eigenvalue weighted by atomic mass is 10.1. The minimum atomic E-state index is -3.87. The number of rotatable bonds is 4. The second kappa shape index (κ2) is 9.87. The number of hydrogen-bond donors (Lipinski definition) is 2. The third-order valence-corrected chi connectivity index (χ3v) is 7.88. The Morgan fingerprint density at radius 1 is 1.28 bits per heavy atom. The smallest absolute Gasteiger partial charge is 0.260 e. The number of aryl methyl sites for hydroxylation is 1. The van der Waals surface area contributed by atoms with Gasteiger partial charge in [-0.3, -0.25) is 4.79 Å². The number of sulfonamides is 1. The van der Waals surface area contributed by atoms with Crippen LogP contribution < -0.4 is 14.8 Å². The van der Waals surface area contributed by atoms with Crippen molar-refractivity contribution in [3.8, 4) is 11.5 Å². The van der Waals surface area contributed by atoms with E-state index in [2.05, 4.69) is 25.6 Å². The van der Waals surface area contributed by atoms with E-state index in [0.717, 1.165) is 0 Å². The largest absolute Gasteiger partial charge is 0.493 e. The van der Waals surface area contributed by atoms with Gasteiger partial charge in [-0.05, 0) is 18.2 Å². The molecular weight excluding hydrogens is 490 g/mol. The molecule has 0 aliphatic carbocycles. The van der Waals surface area contributed by atoms with Crippen LogP contribution in [0.15, 0.2) is 35.6 Å². The quantitative estimate of drug-likeness (QED) is 0.499. The Kier molecular flexibility index (Phi) is 6.64. The normalized spacial score (nSPS) is 21.1. The fraction of sp³-hybridized carbons (Fsp3) is 0.455. The highest BCUT2D eigenvalue weighted by molar-refractivity contribution is 7.89. The van der Waals surface area contributed by atoms with E-state index in [9.17, 15) is 13.2 Å². The molecule has 1 saturated heterocycles. The maximum atomic E-state index is 13.3. The van der Waals surface area contributed by atoms with Crippen LogP contribution in [0.25, 0.3) is 0 Å². The lowest BCUT2D eigenvalue weighted by molar-refractivity contribution is 0.0321. The van der Waals surface area contributed by atoms with Crippen LogP contribution in [0, 0.1) is 0 Å². The molecule has 3 aromatic rings. The van der Waals surface area contributed by atoms with Gasteiger partial charge in [-0.1, -0.05) is 12.1 Å². The summed E-state index contributed by atoms with van der Waals surface area (Å²) in [5, 5.41) is 11.1. The molecule has 2 N–H and O–H groups in total. The van der Waals surface area contributed by atoms with E-state index in [-0.39, 0.29) is 37.2 Å². The Hall–Kier alpha value is -3.49. The zero-order valence-electron chi connectivity index (χ0n) is 19.9. The molecule has 1 amide bonds. The Labute approximate surface area is 207 Å². The molecule has 192 valence electrons. The molecule has 2 aliphatic rings. The molecular formula is C22H27N7O6S. The number of nitrogens with zero attached hydrogens (tertiary/aromatic N) is 5. The van der Waals surface area contributed by atoms with Gasteiger partial charge in [0.1, 0.15) is 18.1 Å². The van der Waals surface area contributed by atoms with Crippen LogP contribution in [0.4, 0.5) is 0 Å². The number of aromatic amines is 1. The first kappa shape index (κ1) is 24.2. The summed E-state index contributed by atoms with van der Waals surface area (Å²) in [4.78, 5) is 20.1. The molecule has 4 heterocycles. The molecule has 13 nitrogen and oxygen atoms in total. The van der Waals surface area contributed by atoms with Crippen molar-refractivity contribution in [3.63, 3.8) is 0 Å². The summed E-state index contributed by atoms with van der Waals surface area (Å²) >= 11 is 0. The van der Waals surface area contributed by atoms with E-state index in [4.69, 9.17) is 14.2 Å². The van der Waals surface area contributed by atoms with Crippen LogP contribution in [0.1, 0.15) is 28.8 Å². The highest BCUT2D eigenvalue weighted by Crippen LogP contribution is 2.29.